The number of ether oxygens (including phenoxy) is 9. The summed E-state index contributed by atoms with van der Waals surface area (Å²) in [4.78, 5) is 36.1. The molecule has 13 heteroatoms. The van der Waals surface area contributed by atoms with Gasteiger partial charge in [0, 0.05) is 44.6 Å². The average molecular weight is 753 g/mol. The number of carboxylic acid groups (broad SMARTS) is 1. The molecule has 6 aliphatic rings. The normalized spacial score (nSPS) is 47.7. The summed E-state index contributed by atoms with van der Waals surface area (Å²) in [5.41, 5.74) is -1.19. The van der Waals surface area contributed by atoms with Crippen molar-refractivity contribution in [2.45, 2.75) is 179 Å². The van der Waals surface area contributed by atoms with Crippen molar-refractivity contribution < 1.29 is 62.1 Å². The zero-order valence-corrected chi connectivity index (χ0v) is 33.4. The van der Waals surface area contributed by atoms with Crippen LogP contribution in [0.5, 0.6) is 0 Å². The van der Waals surface area contributed by atoms with Gasteiger partial charge in [-0.2, -0.15) is 0 Å². The van der Waals surface area contributed by atoms with Gasteiger partial charge in [-0.3, -0.25) is 9.59 Å². The third-order valence-corrected chi connectivity index (χ3v) is 14.0. The van der Waals surface area contributed by atoms with Crippen LogP contribution in [0.1, 0.15) is 114 Å². The van der Waals surface area contributed by atoms with Gasteiger partial charge in [0.25, 0.3) is 0 Å². The minimum Gasteiger partial charge on any atom is -0.481 e. The first kappa shape index (κ1) is 40.8. The van der Waals surface area contributed by atoms with Gasteiger partial charge in [-0.1, -0.05) is 41.5 Å². The van der Waals surface area contributed by atoms with Gasteiger partial charge < -0.3 is 47.7 Å². The van der Waals surface area contributed by atoms with Crippen LogP contribution < -0.4 is 0 Å². The standard InChI is InChI=1S/C40H64O13/c1-11-38(35-22(3)17-28(49-35)32-21(2)16-23(4)40(52-32)20-46-31(42)19-47-40)13-12-30(50-38)37(9)14-15-39(53-37)18-29(48-27(8)41)24(5)34(51-39)25(6)33(45-10)26(7)36(43)44/h21-26,28-30,32-35H,11-20H2,1-10H3,(H,43,44). The van der Waals surface area contributed by atoms with Crippen molar-refractivity contribution in [2.75, 3.05) is 20.3 Å². The Kier molecular flexibility index (Phi) is 11.7. The van der Waals surface area contributed by atoms with E-state index in [2.05, 4.69) is 34.6 Å². The molecule has 0 radical (unpaired) electrons. The SMILES string of the molecule is CCC1(C2OC(C3OC4(COC(=O)CO4)C(C)CC3C)CC2C)CCC(C2(C)CCC3(CC(OC(C)=O)C(C)C(C(C)C(OC)C(C)C(=O)O)O3)O2)O1. The molecule has 2 spiro atoms. The highest BCUT2D eigenvalue weighted by molar-refractivity contribution is 5.71. The van der Waals surface area contributed by atoms with Gasteiger partial charge in [-0.25, -0.2) is 4.79 Å². The first-order valence-electron chi connectivity index (χ1n) is 20.0. The second-order valence-corrected chi connectivity index (χ2v) is 17.6. The molecule has 6 rings (SSSR count). The molecule has 302 valence electrons. The fourth-order valence-corrected chi connectivity index (χ4v) is 10.9. The summed E-state index contributed by atoms with van der Waals surface area (Å²) in [6, 6.07) is 0. The fourth-order valence-electron chi connectivity index (χ4n) is 10.9. The average Bonchev–Trinajstić information content (AvgIpc) is 3.82. The molecule has 6 saturated heterocycles. The van der Waals surface area contributed by atoms with Crippen molar-refractivity contribution in [3.63, 3.8) is 0 Å². The first-order valence-corrected chi connectivity index (χ1v) is 20.0. The molecular weight excluding hydrogens is 688 g/mol. The van der Waals surface area contributed by atoms with Gasteiger partial charge in [-0.15, -0.1) is 0 Å². The third kappa shape index (κ3) is 7.54. The predicted molar refractivity (Wildman–Crippen MR) is 189 cm³/mol. The van der Waals surface area contributed by atoms with E-state index in [1.165, 1.54) is 14.0 Å². The van der Waals surface area contributed by atoms with Crippen LogP contribution in [0.4, 0.5) is 0 Å². The minimum absolute atomic E-state index is 0.0710. The van der Waals surface area contributed by atoms with E-state index >= 15 is 0 Å². The third-order valence-electron chi connectivity index (χ3n) is 14.0. The topological polar surface area (TPSA) is 155 Å². The molecule has 0 aromatic heterocycles. The van der Waals surface area contributed by atoms with Crippen LogP contribution in [0.3, 0.4) is 0 Å². The van der Waals surface area contributed by atoms with Crippen molar-refractivity contribution >= 4 is 17.9 Å². The molecule has 13 nitrogen and oxygen atoms in total. The maximum Gasteiger partial charge on any atom is 0.332 e. The fraction of sp³-hybridized carbons (Fsp3) is 0.925. The molecule has 0 aromatic rings. The van der Waals surface area contributed by atoms with Crippen LogP contribution in [-0.2, 0) is 57.0 Å². The van der Waals surface area contributed by atoms with E-state index in [4.69, 9.17) is 42.6 Å². The number of hydrogen-bond donors (Lipinski definition) is 1. The Bertz CT molecular complexity index is 1350. The molecule has 0 aromatic carbocycles. The number of methoxy groups -OCH3 is 1. The van der Waals surface area contributed by atoms with E-state index in [-0.39, 0.29) is 79.2 Å². The number of carbonyl (C=O) groups is 3. The molecule has 17 atom stereocenters. The molecule has 6 heterocycles. The van der Waals surface area contributed by atoms with Gasteiger partial charge >= 0.3 is 17.9 Å². The zero-order chi connectivity index (χ0) is 38.7. The molecule has 6 fully saturated rings. The lowest BCUT2D eigenvalue weighted by Gasteiger charge is -2.50. The van der Waals surface area contributed by atoms with Crippen LogP contribution in [-0.4, -0.2) is 109 Å². The molecule has 0 saturated carbocycles. The monoisotopic (exact) mass is 752 g/mol. The number of esters is 2. The van der Waals surface area contributed by atoms with Gasteiger partial charge in [-0.05, 0) is 64.2 Å². The summed E-state index contributed by atoms with van der Waals surface area (Å²) in [5, 5.41) is 9.82. The van der Waals surface area contributed by atoms with Gasteiger partial charge in [0.1, 0.15) is 19.3 Å². The minimum atomic E-state index is -1.04. The maximum absolute atomic E-state index is 12.3. The van der Waals surface area contributed by atoms with Crippen LogP contribution in [0, 0.1) is 35.5 Å². The number of rotatable bonds is 10. The number of carbonyl (C=O) groups excluding carboxylic acids is 2. The molecule has 0 aliphatic carbocycles. The molecule has 17 unspecified atom stereocenters. The summed E-state index contributed by atoms with van der Waals surface area (Å²) in [6.07, 6.45) is 3.40. The van der Waals surface area contributed by atoms with Crippen molar-refractivity contribution in [3.05, 3.63) is 0 Å². The Hall–Kier alpha value is -1.87. The number of carboxylic acids is 1. The molecular formula is C40H64O13. The van der Waals surface area contributed by atoms with Crippen molar-refractivity contribution in [1.29, 1.82) is 0 Å². The highest BCUT2D eigenvalue weighted by Crippen LogP contribution is 2.55. The number of cyclic esters (lactones) is 1. The molecule has 53 heavy (non-hydrogen) atoms. The Balaban J connectivity index is 1.17. The van der Waals surface area contributed by atoms with E-state index in [1.807, 2.05) is 13.8 Å². The van der Waals surface area contributed by atoms with E-state index < -0.39 is 53.0 Å². The lowest BCUT2D eigenvalue weighted by molar-refractivity contribution is -0.352. The highest BCUT2D eigenvalue weighted by atomic mass is 16.8. The smallest absolute Gasteiger partial charge is 0.332 e. The van der Waals surface area contributed by atoms with E-state index in [1.54, 1.807) is 6.92 Å². The van der Waals surface area contributed by atoms with Crippen LogP contribution in [0.15, 0.2) is 0 Å². The molecule has 6 aliphatic heterocycles. The van der Waals surface area contributed by atoms with E-state index in [0.29, 0.717) is 19.3 Å². The van der Waals surface area contributed by atoms with Gasteiger partial charge in [0.05, 0.1) is 53.7 Å². The van der Waals surface area contributed by atoms with Crippen molar-refractivity contribution in [3.8, 4) is 0 Å². The lowest BCUT2D eigenvalue weighted by atomic mass is 9.78. The molecule has 1 N–H and O–H groups in total. The van der Waals surface area contributed by atoms with Gasteiger partial charge in [0.15, 0.2) is 5.79 Å². The number of hydrogen-bond acceptors (Lipinski definition) is 12. The predicted octanol–water partition coefficient (Wildman–Crippen LogP) is 5.43. The van der Waals surface area contributed by atoms with Crippen molar-refractivity contribution in [1.82, 2.24) is 0 Å². The van der Waals surface area contributed by atoms with Crippen LogP contribution >= 0.6 is 0 Å². The Morgan fingerprint density at radius 3 is 2.38 bits per heavy atom. The second kappa shape index (κ2) is 15.2. The summed E-state index contributed by atoms with van der Waals surface area (Å²) < 4.78 is 57.9. The van der Waals surface area contributed by atoms with E-state index in [9.17, 15) is 19.5 Å². The highest BCUT2D eigenvalue weighted by Gasteiger charge is 2.63. The largest absolute Gasteiger partial charge is 0.481 e. The van der Waals surface area contributed by atoms with Gasteiger partial charge in [0.2, 0.25) is 5.79 Å². The van der Waals surface area contributed by atoms with Crippen LogP contribution in [0.2, 0.25) is 0 Å². The summed E-state index contributed by atoms with van der Waals surface area (Å²) in [6.45, 7) is 17.7. The summed E-state index contributed by atoms with van der Waals surface area (Å²) in [5.74, 6) is -4.48. The zero-order valence-electron chi connectivity index (χ0n) is 33.4. The summed E-state index contributed by atoms with van der Waals surface area (Å²) in [7, 11) is 1.52. The Morgan fingerprint density at radius 1 is 1.02 bits per heavy atom. The molecule has 0 bridgehead atoms. The number of aliphatic carboxylic acids is 1. The second-order valence-electron chi connectivity index (χ2n) is 17.6. The Labute approximate surface area is 314 Å². The maximum atomic E-state index is 12.3. The molecule has 0 amide bonds. The lowest BCUT2D eigenvalue weighted by Crippen LogP contribution is -2.60. The van der Waals surface area contributed by atoms with Crippen LogP contribution in [0.25, 0.3) is 0 Å². The first-order chi connectivity index (χ1) is 24.9. The quantitative estimate of drug-likeness (QED) is 0.282. The Morgan fingerprint density at radius 2 is 1.75 bits per heavy atom. The van der Waals surface area contributed by atoms with E-state index in [0.717, 1.165) is 32.1 Å². The summed E-state index contributed by atoms with van der Waals surface area (Å²) >= 11 is 0. The van der Waals surface area contributed by atoms with Crippen molar-refractivity contribution in [2.24, 2.45) is 35.5 Å².